The second-order valence-corrected chi connectivity index (χ2v) is 6.25. The highest BCUT2D eigenvalue weighted by Crippen LogP contribution is 2.25. The van der Waals surface area contributed by atoms with E-state index < -0.39 is 4.92 Å². The van der Waals surface area contributed by atoms with Gasteiger partial charge in [-0.2, -0.15) is 0 Å². The Bertz CT molecular complexity index is 788. The molecule has 1 fully saturated rings. The number of ether oxygens (including phenoxy) is 1. The Morgan fingerprint density at radius 2 is 1.92 bits per heavy atom. The van der Waals surface area contributed by atoms with Gasteiger partial charge in [-0.1, -0.05) is 24.3 Å². The lowest BCUT2D eigenvalue weighted by Gasteiger charge is -2.15. The van der Waals surface area contributed by atoms with Crippen LogP contribution < -0.4 is 10.1 Å². The van der Waals surface area contributed by atoms with Crippen molar-refractivity contribution in [2.45, 2.75) is 19.4 Å². The molecule has 2 aromatic carbocycles. The fourth-order valence-corrected chi connectivity index (χ4v) is 3.02. The van der Waals surface area contributed by atoms with Crippen molar-refractivity contribution in [2.75, 3.05) is 25.0 Å². The highest BCUT2D eigenvalue weighted by atomic mass is 16.6. The maximum atomic E-state index is 12.1. The molecule has 1 heterocycles. The topological polar surface area (TPSA) is 84.7 Å². The van der Waals surface area contributed by atoms with Gasteiger partial charge in [-0.05, 0) is 49.7 Å². The summed E-state index contributed by atoms with van der Waals surface area (Å²) < 4.78 is 5.31. The van der Waals surface area contributed by atoms with Gasteiger partial charge in [0, 0.05) is 18.3 Å². The highest BCUT2D eigenvalue weighted by molar-refractivity contribution is 5.92. The Kier molecular flexibility index (Phi) is 5.80. The van der Waals surface area contributed by atoms with E-state index in [1.54, 1.807) is 12.1 Å². The normalized spacial score (nSPS) is 14.2. The number of amides is 1. The van der Waals surface area contributed by atoms with Gasteiger partial charge in [0.1, 0.15) is 0 Å². The van der Waals surface area contributed by atoms with Crippen LogP contribution in [0.25, 0.3) is 0 Å². The monoisotopic (exact) mass is 355 g/mol. The van der Waals surface area contributed by atoms with E-state index in [0.717, 1.165) is 25.2 Å². The van der Waals surface area contributed by atoms with Crippen LogP contribution in [0.3, 0.4) is 0 Å². The zero-order valence-corrected chi connectivity index (χ0v) is 14.4. The van der Waals surface area contributed by atoms with Crippen LogP contribution >= 0.6 is 0 Å². The van der Waals surface area contributed by atoms with Crippen molar-refractivity contribution in [3.05, 3.63) is 64.2 Å². The van der Waals surface area contributed by atoms with Gasteiger partial charge in [-0.3, -0.25) is 19.8 Å². The van der Waals surface area contributed by atoms with E-state index in [0.29, 0.717) is 5.69 Å². The van der Waals surface area contributed by atoms with E-state index in [1.165, 1.54) is 25.0 Å². The first-order valence-electron chi connectivity index (χ1n) is 8.59. The van der Waals surface area contributed by atoms with E-state index in [4.69, 9.17) is 4.74 Å². The van der Waals surface area contributed by atoms with Crippen LogP contribution in [0.1, 0.15) is 18.4 Å². The molecule has 0 saturated carbocycles. The lowest BCUT2D eigenvalue weighted by atomic mass is 10.2. The predicted molar refractivity (Wildman–Crippen MR) is 98.2 cm³/mol. The van der Waals surface area contributed by atoms with Crippen LogP contribution in [-0.2, 0) is 11.3 Å². The Hall–Kier alpha value is -2.93. The number of rotatable bonds is 7. The molecule has 26 heavy (non-hydrogen) atoms. The SMILES string of the molecule is O=C(COc1ccccc1[N+](=O)[O-])Nc1cccc(CN2CCCC2)c1. The summed E-state index contributed by atoms with van der Waals surface area (Å²) in [6.07, 6.45) is 2.47. The van der Waals surface area contributed by atoms with Crippen molar-refractivity contribution in [1.29, 1.82) is 0 Å². The molecular weight excluding hydrogens is 334 g/mol. The number of nitrogens with one attached hydrogen (secondary N) is 1. The third-order valence-corrected chi connectivity index (χ3v) is 4.24. The Morgan fingerprint density at radius 1 is 1.15 bits per heavy atom. The number of likely N-dealkylation sites (tertiary alicyclic amines) is 1. The summed E-state index contributed by atoms with van der Waals surface area (Å²) in [5.41, 5.74) is 1.68. The number of benzene rings is 2. The maximum Gasteiger partial charge on any atom is 0.310 e. The number of hydrogen-bond donors (Lipinski definition) is 1. The van der Waals surface area contributed by atoms with Gasteiger partial charge in [0.15, 0.2) is 12.4 Å². The number of nitro benzene ring substituents is 1. The van der Waals surface area contributed by atoms with E-state index >= 15 is 0 Å². The fraction of sp³-hybridized carbons (Fsp3) is 0.316. The minimum absolute atomic E-state index is 0.0791. The molecule has 136 valence electrons. The molecule has 0 spiro atoms. The predicted octanol–water partition coefficient (Wildman–Crippen LogP) is 3.21. The lowest BCUT2D eigenvalue weighted by Crippen LogP contribution is -2.21. The highest BCUT2D eigenvalue weighted by Gasteiger charge is 2.15. The smallest absolute Gasteiger partial charge is 0.310 e. The molecule has 1 aliphatic rings. The number of carbonyl (C=O) groups excluding carboxylic acids is 1. The Labute approximate surface area is 151 Å². The summed E-state index contributed by atoms with van der Waals surface area (Å²) in [6, 6.07) is 13.7. The van der Waals surface area contributed by atoms with Crippen molar-refractivity contribution in [1.82, 2.24) is 4.90 Å². The molecule has 0 unspecified atom stereocenters. The fourth-order valence-electron chi connectivity index (χ4n) is 3.02. The van der Waals surface area contributed by atoms with E-state index in [1.807, 2.05) is 24.3 Å². The van der Waals surface area contributed by atoms with Gasteiger partial charge in [0.25, 0.3) is 5.91 Å². The summed E-state index contributed by atoms with van der Waals surface area (Å²) >= 11 is 0. The minimum atomic E-state index is -0.533. The molecule has 0 aromatic heterocycles. The molecule has 1 amide bonds. The average molecular weight is 355 g/mol. The molecule has 7 heteroatoms. The minimum Gasteiger partial charge on any atom is -0.477 e. The van der Waals surface area contributed by atoms with Crippen LogP contribution in [0.4, 0.5) is 11.4 Å². The van der Waals surface area contributed by atoms with Gasteiger partial charge in [0.2, 0.25) is 0 Å². The number of nitro groups is 1. The van der Waals surface area contributed by atoms with E-state index in [2.05, 4.69) is 10.2 Å². The molecule has 0 bridgehead atoms. The molecule has 0 aliphatic carbocycles. The third kappa shape index (κ3) is 4.80. The average Bonchev–Trinajstić information content (AvgIpc) is 3.13. The molecule has 3 rings (SSSR count). The lowest BCUT2D eigenvalue weighted by molar-refractivity contribution is -0.385. The molecule has 2 aromatic rings. The van der Waals surface area contributed by atoms with Gasteiger partial charge in [0.05, 0.1) is 4.92 Å². The first kappa shape index (κ1) is 17.9. The van der Waals surface area contributed by atoms with Gasteiger partial charge in [-0.25, -0.2) is 0 Å². The largest absolute Gasteiger partial charge is 0.477 e. The van der Waals surface area contributed by atoms with Gasteiger partial charge >= 0.3 is 5.69 Å². The zero-order valence-electron chi connectivity index (χ0n) is 14.4. The number of anilines is 1. The summed E-state index contributed by atoms with van der Waals surface area (Å²) in [6.45, 7) is 2.80. The summed E-state index contributed by atoms with van der Waals surface area (Å²) in [5.74, 6) is -0.281. The first-order chi connectivity index (χ1) is 12.6. The summed E-state index contributed by atoms with van der Waals surface area (Å²) in [7, 11) is 0. The van der Waals surface area contributed by atoms with Crippen LogP contribution in [0.15, 0.2) is 48.5 Å². The first-order valence-corrected chi connectivity index (χ1v) is 8.59. The van der Waals surface area contributed by atoms with Crippen LogP contribution in [0.5, 0.6) is 5.75 Å². The zero-order chi connectivity index (χ0) is 18.4. The van der Waals surface area contributed by atoms with Crippen LogP contribution in [0.2, 0.25) is 0 Å². The van der Waals surface area contributed by atoms with E-state index in [9.17, 15) is 14.9 Å². The summed E-state index contributed by atoms with van der Waals surface area (Å²) in [5, 5.41) is 13.7. The standard InChI is InChI=1S/C19H21N3O4/c23-19(14-26-18-9-2-1-8-17(18)22(24)25)20-16-7-5-6-15(12-16)13-21-10-3-4-11-21/h1-2,5-9,12H,3-4,10-11,13-14H2,(H,20,23). The quantitative estimate of drug-likeness (QED) is 0.609. The molecule has 1 saturated heterocycles. The number of carbonyl (C=O) groups is 1. The van der Waals surface area contributed by atoms with Crippen molar-refractivity contribution in [2.24, 2.45) is 0 Å². The molecule has 7 nitrogen and oxygen atoms in total. The maximum absolute atomic E-state index is 12.1. The molecule has 1 N–H and O–H groups in total. The van der Waals surface area contributed by atoms with Crippen molar-refractivity contribution in [3.63, 3.8) is 0 Å². The van der Waals surface area contributed by atoms with Crippen molar-refractivity contribution in [3.8, 4) is 5.75 Å². The van der Waals surface area contributed by atoms with Crippen LogP contribution in [-0.4, -0.2) is 35.4 Å². The van der Waals surface area contributed by atoms with Gasteiger partial charge < -0.3 is 10.1 Å². The number of nitrogens with zero attached hydrogens (tertiary/aromatic N) is 2. The third-order valence-electron chi connectivity index (χ3n) is 4.24. The van der Waals surface area contributed by atoms with E-state index in [-0.39, 0.29) is 24.0 Å². The Morgan fingerprint density at radius 3 is 2.69 bits per heavy atom. The molecular formula is C19H21N3O4. The number of para-hydroxylation sites is 2. The van der Waals surface area contributed by atoms with Crippen molar-refractivity contribution < 1.29 is 14.5 Å². The van der Waals surface area contributed by atoms with Crippen LogP contribution in [0, 0.1) is 10.1 Å². The second kappa shape index (κ2) is 8.44. The van der Waals surface area contributed by atoms with Gasteiger partial charge in [-0.15, -0.1) is 0 Å². The molecule has 0 atom stereocenters. The number of hydrogen-bond acceptors (Lipinski definition) is 5. The second-order valence-electron chi connectivity index (χ2n) is 6.25. The van der Waals surface area contributed by atoms with Crippen molar-refractivity contribution >= 4 is 17.3 Å². The summed E-state index contributed by atoms with van der Waals surface area (Å²) in [4.78, 5) is 24.9. The molecule has 1 aliphatic heterocycles. The Balaban J connectivity index is 1.56. The molecule has 0 radical (unpaired) electrons.